The molecule has 0 unspecified atom stereocenters. The monoisotopic (exact) mass is 351 g/mol. The topological polar surface area (TPSA) is 45.2 Å². The molecule has 0 aliphatic heterocycles. The minimum Gasteiger partial charge on any atom is -0.338 e. The second kappa shape index (κ2) is 8.75. The van der Waals surface area contributed by atoms with Crippen molar-refractivity contribution in [1.29, 1.82) is 0 Å². The normalized spacial score (nSPS) is 10.4. The summed E-state index contributed by atoms with van der Waals surface area (Å²) in [5.74, 6) is 0. The Labute approximate surface area is 146 Å². The second-order valence-corrected chi connectivity index (χ2v) is 6.09. The van der Waals surface area contributed by atoms with Crippen LogP contribution in [0.2, 0.25) is 10.0 Å². The highest BCUT2D eigenvalue weighted by Crippen LogP contribution is 2.21. The maximum absolute atomic E-state index is 12.0. The quantitative estimate of drug-likeness (QED) is 0.859. The number of urea groups is 1. The van der Waals surface area contributed by atoms with Gasteiger partial charge in [0.05, 0.1) is 0 Å². The Morgan fingerprint density at radius 2 is 1.91 bits per heavy atom. The zero-order valence-electron chi connectivity index (χ0n) is 12.9. The van der Waals surface area contributed by atoms with E-state index in [1.54, 1.807) is 36.5 Å². The molecule has 0 bridgehead atoms. The van der Waals surface area contributed by atoms with E-state index in [1.807, 2.05) is 18.2 Å². The van der Waals surface area contributed by atoms with Crippen LogP contribution in [0.1, 0.15) is 11.1 Å². The van der Waals surface area contributed by atoms with E-state index in [0.717, 1.165) is 17.5 Å². The van der Waals surface area contributed by atoms with Crippen LogP contribution in [0.4, 0.5) is 4.79 Å². The van der Waals surface area contributed by atoms with Crippen molar-refractivity contribution in [3.05, 3.63) is 63.9 Å². The van der Waals surface area contributed by atoms with Crippen LogP contribution in [0.5, 0.6) is 0 Å². The van der Waals surface area contributed by atoms with Crippen LogP contribution < -0.4 is 5.32 Å². The Kier molecular flexibility index (Phi) is 6.68. The summed E-state index contributed by atoms with van der Waals surface area (Å²) in [5.41, 5.74) is 2.13. The molecule has 6 heteroatoms. The number of hydrogen-bond donors (Lipinski definition) is 1. The lowest BCUT2D eigenvalue weighted by Crippen LogP contribution is -2.39. The van der Waals surface area contributed by atoms with E-state index in [2.05, 4.69) is 10.3 Å². The lowest BCUT2D eigenvalue weighted by Gasteiger charge is -2.18. The number of aromatic nitrogens is 1. The highest BCUT2D eigenvalue weighted by Gasteiger charge is 2.08. The molecule has 1 N–H and O–H groups in total. The van der Waals surface area contributed by atoms with Crippen LogP contribution in [0.3, 0.4) is 0 Å². The van der Waals surface area contributed by atoms with Gasteiger partial charge in [-0.25, -0.2) is 4.79 Å². The summed E-state index contributed by atoms with van der Waals surface area (Å²) in [6.07, 6.45) is 4.98. The Morgan fingerprint density at radius 3 is 2.61 bits per heavy atom. The van der Waals surface area contributed by atoms with Crippen molar-refractivity contribution in [3.8, 4) is 0 Å². The zero-order chi connectivity index (χ0) is 16.7. The standard InChI is InChI=1S/C17H19Cl2N3O/c1-22(11-7-13-4-8-20-9-5-13)17(23)21-10-6-14-2-3-15(18)12-16(14)19/h2-5,8-9,12H,6-7,10-11H2,1H3,(H,21,23). The molecule has 1 heterocycles. The van der Waals surface area contributed by atoms with Gasteiger partial charge in [-0.1, -0.05) is 29.3 Å². The maximum atomic E-state index is 12.0. The van der Waals surface area contributed by atoms with Gasteiger partial charge in [0.15, 0.2) is 0 Å². The van der Waals surface area contributed by atoms with Gasteiger partial charge in [0, 0.05) is 42.6 Å². The Morgan fingerprint density at radius 1 is 1.17 bits per heavy atom. The molecule has 23 heavy (non-hydrogen) atoms. The van der Waals surface area contributed by atoms with Gasteiger partial charge in [0.25, 0.3) is 0 Å². The molecular formula is C17H19Cl2N3O. The molecule has 0 saturated carbocycles. The maximum Gasteiger partial charge on any atom is 0.317 e. The number of rotatable bonds is 6. The number of amides is 2. The SMILES string of the molecule is CN(CCc1ccncc1)C(=O)NCCc1ccc(Cl)cc1Cl. The molecule has 1 aromatic carbocycles. The van der Waals surface area contributed by atoms with Crippen molar-refractivity contribution in [3.63, 3.8) is 0 Å². The molecule has 1 aromatic heterocycles. The fourth-order valence-corrected chi connectivity index (χ4v) is 2.61. The molecular weight excluding hydrogens is 333 g/mol. The van der Waals surface area contributed by atoms with Crippen LogP contribution in [-0.4, -0.2) is 36.1 Å². The van der Waals surface area contributed by atoms with Gasteiger partial charge in [0.2, 0.25) is 0 Å². The van der Waals surface area contributed by atoms with E-state index < -0.39 is 0 Å². The van der Waals surface area contributed by atoms with Crippen LogP contribution in [0.25, 0.3) is 0 Å². The molecule has 0 aliphatic carbocycles. The Balaban J connectivity index is 1.73. The fraction of sp³-hybridized carbons (Fsp3) is 0.294. The molecule has 0 aliphatic rings. The number of hydrogen-bond acceptors (Lipinski definition) is 2. The highest BCUT2D eigenvalue weighted by molar-refractivity contribution is 6.35. The van der Waals surface area contributed by atoms with Gasteiger partial charge in [-0.15, -0.1) is 0 Å². The van der Waals surface area contributed by atoms with Crippen LogP contribution >= 0.6 is 23.2 Å². The van der Waals surface area contributed by atoms with Crippen molar-refractivity contribution < 1.29 is 4.79 Å². The van der Waals surface area contributed by atoms with E-state index in [-0.39, 0.29) is 6.03 Å². The van der Waals surface area contributed by atoms with E-state index in [1.165, 1.54) is 0 Å². The predicted molar refractivity (Wildman–Crippen MR) is 94.1 cm³/mol. The van der Waals surface area contributed by atoms with E-state index in [9.17, 15) is 4.79 Å². The van der Waals surface area contributed by atoms with Gasteiger partial charge in [-0.05, 0) is 48.2 Å². The van der Waals surface area contributed by atoms with E-state index >= 15 is 0 Å². The number of carbonyl (C=O) groups is 1. The molecule has 0 radical (unpaired) electrons. The number of likely N-dealkylation sites (N-methyl/N-ethyl adjacent to an activating group) is 1. The Hall–Kier alpha value is -1.78. The van der Waals surface area contributed by atoms with Crippen LogP contribution in [-0.2, 0) is 12.8 Å². The first-order chi connectivity index (χ1) is 11.1. The number of nitrogens with zero attached hydrogens (tertiary/aromatic N) is 2. The van der Waals surface area contributed by atoms with Crippen molar-refractivity contribution in [2.75, 3.05) is 20.1 Å². The number of benzene rings is 1. The van der Waals surface area contributed by atoms with Crippen molar-refractivity contribution in [2.45, 2.75) is 12.8 Å². The summed E-state index contributed by atoms with van der Waals surface area (Å²) in [6, 6.07) is 9.20. The zero-order valence-corrected chi connectivity index (χ0v) is 14.4. The number of nitrogens with one attached hydrogen (secondary N) is 1. The first kappa shape index (κ1) is 17.6. The summed E-state index contributed by atoms with van der Waals surface area (Å²) in [4.78, 5) is 17.7. The first-order valence-corrected chi connectivity index (χ1v) is 8.13. The molecule has 0 saturated heterocycles. The summed E-state index contributed by atoms with van der Waals surface area (Å²) in [5, 5.41) is 4.12. The van der Waals surface area contributed by atoms with Gasteiger partial charge in [-0.2, -0.15) is 0 Å². The highest BCUT2D eigenvalue weighted by atomic mass is 35.5. The summed E-state index contributed by atoms with van der Waals surface area (Å²) >= 11 is 12.0. The first-order valence-electron chi connectivity index (χ1n) is 7.38. The lowest BCUT2D eigenvalue weighted by molar-refractivity contribution is 0.209. The van der Waals surface area contributed by atoms with Gasteiger partial charge < -0.3 is 10.2 Å². The smallest absolute Gasteiger partial charge is 0.317 e. The molecule has 2 rings (SSSR count). The molecule has 2 amide bonds. The van der Waals surface area contributed by atoms with Gasteiger partial charge in [0.1, 0.15) is 0 Å². The average Bonchev–Trinajstić information content (AvgIpc) is 2.55. The third-order valence-corrected chi connectivity index (χ3v) is 4.10. The molecule has 0 atom stereocenters. The van der Waals surface area contributed by atoms with Crippen molar-refractivity contribution >= 4 is 29.2 Å². The summed E-state index contributed by atoms with van der Waals surface area (Å²) in [7, 11) is 1.78. The predicted octanol–water partition coefficient (Wildman–Crippen LogP) is 3.82. The van der Waals surface area contributed by atoms with Crippen LogP contribution in [0.15, 0.2) is 42.7 Å². The third kappa shape index (κ3) is 5.73. The fourth-order valence-electron chi connectivity index (χ4n) is 2.11. The Bertz CT molecular complexity index is 650. The lowest BCUT2D eigenvalue weighted by atomic mass is 10.1. The van der Waals surface area contributed by atoms with Gasteiger partial charge >= 0.3 is 6.03 Å². The van der Waals surface area contributed by atoms with E-state index in [4.69, 9.17) is 23.2 Å². The molecule has 4 nitrogen and oxygen atoms in total. The molecule has 0 fully saturated rings. The van der Waals surface area contributed by atoms with Crippen LogP contribution in [0, 0.1) is 0 Å². The summed E-state index contributed by atoms with van der Waals surface area (Å²) in [6.45, 7) is 1.18. The number of pyridine rings is 1. The third-order valence-electron chi connectivity index (χ3n) is 3.52. The number of halogens is 2. The largest absolute Gasteiger partial charge is 0.338 e. The van der Waals surface area contributed by atoms with Crippen molar-refractivity contribution in [1.82, 2.24) is 15.2 Å². The average molecular weight is 352 g/mol. The molecule has 122 valence electrons. The number of carbonyl (C=O) groups excluding carboxylic acids is 1. The molecule has 0 spiro atoms. The minimum atomic E-state index is -0.0934. The molecule has 2 aromatic rings. The second-order valence-electron chi connectivity index (χ2n) is 5.24. The van der Waals surface area contributed by atoms with E-state index in [0.29, 0.717) is 29.6 Å². The minimum absolute atomic E-state index is 0.0934. The van der Waals surface area contributed by atoms with Crippen molar-refractivity contribution in [2.24, 2.45) is 0 Å². The summed E-state index contributed by atoms with van der Waals surface area (Å²) < 4.78 is 0. The van der Waals surface area contributed by atoms with Gasteiger partial charge in [-0.3, -0.25) is 4.98 Å².